The summed E-state index contributed by atoms with van der Waals surface area (Å²) in [5.41, 5.74) is 0. The standard InChI is InChI=1S/C11H18N2O/c1-10-8-11(14)13(9-10)7-5-4-6-12(2)3/h10H,6-9H2,1-3H3/t10-/m1/s1. The minimum absolute atomic E-state index is 0.247. The molecule has 0 spiro atoms. The molecule has 0 aromatic heterocycles. The lowest BCUT2D eigenvalue weighted by atomic mass is 10.2. The minimum atomic E-state index is 0.247. The van der Waals surface area contributed by atoms with Crippen molar-refractivity contribution < 1.29 is 4.79 Å². The highest BCUT2D eigenvalue weighted by Crippen LogP contribution is 2.15. The Hall–Kier alpha value is -1.01. The lowest BCUT2D eigenvalue weighted by molar-refractivity contribution is -0.127. The summed E-state index contributed by atoms with van der Waals surface area (Å²) in [4.78, 5) is 15.2. The largest absolute Gasteiger partial charge is 0.331 e. The van der Waals surface area contributed by atoms with Crippen LogP contribution in [0.2, 0.25) is 0 Å². The highest BCUT2D eigenvalue weighted by molar-refractivity contribution is 5.78. The van der Waals surface area contributed by atoms with Crippen LogP contribution in [0, 0.1) is 17.8 Å². The maximum atomic E-state index is 11.4. The fraction of sp³-hybridized carbons (Fsp3) is 0.727. The Kier molecular flexibility index (Phi) is 3.97. The van der Waals surface area contributed by atoms with Crippen LogP contribution in [0.1, 0.15) is 13.3 Å². The van der Waals surface area contributed by atoms with Gasteiger partial charge in [-0.15, -0.1) is 0 Å². The summed E-state index contributed by atoms with van der Waals surface area (Å²) in [6, 6.07) is 0. The quantitative estimate of drug-likeness (QED) is 0.595. The van der Waals surface area contributed by atoms with E-state index >= 15 is 0 Å². The average Bonchev–Trinajstić information content (AvgIpc) is 2.39. The number of hydrogen-bond acceptors (Lipinski definition) is 2. The zero-order valence-corrected chi connectivity index (χ0v) is 9.21. The molecule has 14 heavy (non-hydrogen) atoms. The Bertz CT molecular complexity index is 262. The molecule has 1 amide bonds. The molecule has 3 heteroatoms. The lowest BCUT2D eigenvalue weighted by Gasteiger charge is -2.11. The van der Waals surface area contributed by atoms with E-state index < -0.39 is 0 Å². The van der Waals surface area contributed by atoms with Gasteiger partial charge in [0.15, 0.2) is 0 Å². The van der Waals surface area contributed by atoms with E-state index in [-0.39, 0.29) is 5.91 Å². The van der Waals surface area contributed by atoms with E-state index in [0.717, 1.165) is 13.1 Å². The van der Waals surface area contributed by atoms with Gasteiger partial charge in [-0.2, -0.15) is 0 Å². The summed E-state index contributed by atoms with van der Waals surface area (Å²) < 4.78 is 0. The molecule has 1 rings (SSSR count). The summed E-state index contributed by atoms with van der Waals surface area (Å²) in [6.45, 7) is 4.33. The second-order valence-electron chi connectivity index (χ2n) is 4.17. The Balaban J connectivity index is 2.30. The Morgan fingerprint density at radius 1 is 1.50 bits per heavy atom. The molecule has 0 unspecified atom stereocenters. The Morgan fingerprint density at radius 3 is 2.71 bits per heavy atom. The predicted molar refractivity (Wildman–Crippen MR) is 56.7 cm³/mol. The molecule has 1 heterocycles. The Labute approximate surface area is 86.1 Å². The summed E-state index contributed by atoms with van der Waals surface area (Å²) in [5.74, 6) is 6.80. The van der Waals surface area contributed by atoms with Gasteiger partial charge in [-0.3, -0.25) is 9.69 Å². The molecular formula is C11H18N2O. The van der Waals surface area contributed by atoms with Crippen molar-refractivity contribution in [2.45, 2.75) is 13.3 Å². The van der Waals surface area contributed by atoms with E-state index in [2.05, 4.69) is 18.8 Å². The van der Waals surface area contributed by atoms with Crippen molar-refractivity contribution in [2.24, 2.45) is 5.92 Å². The second kappa shape index (κ2) is 5.02. The smallest absolute Gasteiger partial charge is 0.223 e. The number of carbonyl (C=O) groups is 1. The molecule has 0 aromatic rings. The van der Waals surface area contributed by atoms with Gasteiger partial charge in [-0.25, -0.2) is 0 Å². The summed E-state index contributed by atoms with van der Waals surface area (Å²) in [5, 5.41) is 0. The Morgan fingerprint density at radius 2 is 2.21 bits per heavy atom. The first-order chi connectivity index (χ1) is 6.59. The van der Waals surface area contributed by atoms with Crippen molar-refractivity contribution in [3.05, 3.63) is 0 Å². The zero-order chi connectivity index (χ0) is 10.6. The lowest BCUT2D eigenvalue weighted by Crippen LogP contribution is -2.25. The minimum Gasteiger partial charge on any atom is -0.331 e. The van der Waals surface area contributed by atoms with Gasteiger partial charge in [0.2, 0.25) is 5.91 Å². The number of amides is 1. The van der Waals surface area contributed by atoms with Crippen LogP contribution < -0.4 is 0 Å². The molecule has 1 fully saturated rings. The van der Waals surface area contributed by atoms with Crippen molar-refractivity contribution >= 4 is 5.91 Å². The number of carbonyl (C=O) groups excluding carboxylic acids is 1. The van der Waals surface area contributed by atoms with Gasteiger partial charge in [0.05, 0.1) is 13.1 Å². The van der Waals surface area contributed by atoms with E-state index in [9.17, 15) is 4.79 Å². The van der Waals surface area contributed by atoms with Gasteiger partial charge in [-0.05, 0) is 20.0 Å². The van der Waals surface area contributed by atoms with Gasteiger partial charge >= 0.3 is 0 Å². The van der Waals surface area contributed by atoms with Gasteiger partial charge in [0.1, 0.15) is 0 Å². The van der Waals surface area contributed by atoms with Crippen LogP contribution in [0.3, 0.4) is 0 Å². The first kappa shape index (κ1) is 11.1. The van der Waals surface area contributed by atoms with Gasteiger partial charge in [0.25, 0.3) is 0 Å². The van der Waals surface area contributed by atoms with Crippen molar-refractivity contribution in [1.29, 1.82) is 0 Å². The topological polar surface area (TPSA) is 23.6 Å². The summed E-state index contributed by atoms with van der Waals surface area (Å²) in [7, 11) is 3.97. The number of likely N-dealkylation sites (tertiary alicyclic amines) is 1. The predicted octanol–water partition coefficient (Wildman–Crippen LogP) is 0.420. The van der Waals surface area contributed by atoms with Gasteiger partial charge in [-0.1, -0.05) is 18.8 Å². The van der Waals surface area contributed by atoms with Crippen molar-refractivity contribution in [3.8, 4) is 11.8 Å². The van der Waals surface area contributed by atoms with Crippen molar-refractivity contribution in [1.82, 2.24) is 9.80 Å². The fourth-order valence-corrected chi connectivity index (χ4v) is 1.49. The van der Waals surface area contributed by atoms with E-state index in [1.54, 1.807) is 0 Å². The monoisotopic (exact) mass is 194 g/mol. The molecule has 3 nitrogen and oxygen atoms in total. The molecule has 1 atom stereocenters. The van der Waals surface area contributed by atoms with E-state index in [0.29, 0.717) is 18.9 Å². The van der Waals surface area contributed by atoms with Crippen LogP contribution in [0.15, 0.2) is 0 Å². The highest BCUT2D eigenvalue weighted by Gasteiger charge is 2.25. The molecule has 0 bridgehead atoms. The first-order valence-electron chi connectivity index (χ1n) is 4.98. The first-order valence-corrected chi connectivity index (χ1v) is 4.98. The molecule has 1 aliphatic rings. The zero-order valence-electron chi connectivity index (χ0n) is 9.21. The third-order valence-electron chi connectivity index (χ3n) is 2.20. The summed E-state index contributed by atoms with van der Waals surface area (Å²) in [6.07, 6.45) is 0.690. The molecule has 78 valence electrons. The molecule has 0 aliphatic carbocycles. The molecule has 0 saturated carbocycles. The van der Waals surface area contributed by atoms with Crippen LogP contribution in [-0.4, -0.2) is 49.4 Å². The number of nitrogens with zero attached hydrogens (tertiary/aromatic N) is 2. The highest BCUT2D eigenvalue weighted by atomic mass is 16.2. The average molecular weight is 194 g/mol. The van der Waals surface area contributed by atoms with Gasteiger partial charge < -0.3 is 4.90 Å². The molecule has 0 aromatic carbocycles. The van der Waals surface area contributed by atoms with Crippen molar-refractivity contribution in [2.75, 3.05) is 33.7 Å². The van der Waals surface area contributed by atoms with Crippen molar-refractivity contribution in [3.63, 3.8) is 0 Å². The van der Waals surface area contributed by atoms with E-state index in [1.165, 1.54) is 0 Å². The summed E-state index contributed by atoms with van der Waals surface area (Å²) >= 11 is 0. The van der Waals surface area contributed by atoms with Crippen LogP contribution in [0.25, 0.3) is 0 Å². The van der Waals surface area contributed by atoms with Crippen LogP contribution in [0.4, 0.5) is 0 Å². The van der Waals surface area contributed by atoms with Gasteiger partial charge in [0, 0.05) is 13.0 Å². The fourth-order valence-electron chi connectivity index (χ4n) is 1.49. The molecular weight excluding hydrogens is 176 g/mol. The second-order valence-corrected chi connectivity index (χ2v) is 4.17. The van der Waals surface area contributed by atoms with Crippen LogP contribution in [-0.2, 0) is 4.79 Å². The van der Waals surface area contributed by atoms with E-state index in [1.807, 2.05) is 23.9 Å². The normalized spacial score (nSPS) is 21.3. The third kappa shape index (κ3) is 3.39. The maximum Gasteiger partial charge on any atom is 0.223 e. The third-order valence-corrected chi connectivity index (χ3v) is 2.20. The van der Waals surface area contributed by atoms with Crippen LogP contribution in [0.5, 0.6) is 0 Å². The molecule has 0 N–H and O–H groups in total. The molecule has 0 radical (unpaired) electrons. The maximum absolute atomic E-state index is 11.4. The van der Waals surface area contributed by atoms with E-state index in [4.69, 9.17) is 0 Å². The molecule has 1 saturated heterocycles. The number of hydrogen-bond donors (Lipinski definition) is 0. The van der Waals surface area contributed by atoms with Crippen LogP contribution >= 0.6 is 0 Å². The SMILES string of the molecule is C[C@@H]1CC(=O)N(CC#CCN(C)C)C1. The molecule has 1 aliphatic heterocycles. The number of rotatable bonds is 2.